The number of hydrogen-bond donors (Lipinski definition) is 1. The van der Waals surface area contributed by atoms with E-state index in [9.17, 15) is 0 Å². The zero-order valence-corrected chi connectivity index (χ0v) is 30.3. The van der Waals surface area contributed by atoms with Crippen molar-refractivity contribution in [2.45, 2.75) is 181 Å². The van der Waals surface area contributed by atoms with Crippen molar-refractivity contribution in [2.24, 2.45) is 5.10 Å². The number of unbranched alkanes of at least 4 members (excludes halogenated alkanes) is 18. The summed E-state index contributed by atoms with van der Waals surface area (Å²) in [6, 6.07) is 0. The molecule has 0 fully saturated rings. The maximum atomic E-state index is 4.83. The summed E-state index contributed by atoms with van der Waals surface area (Å²) >= 11 is 0. The summed E-state index contributed by atoms with van der Waals surface area (Å²) in [5, 5.41) is 4.83. The molecule has 3 nitrogen and oxygen atoms in total. The highest BCUT2D eigenvalue weighted by Crippen LogP contribution is 2.14. The first kappa shape index (κ1) is 42.4. The topological polar surface area (TPSA) is 27.6 Å². The van der Waals surface area contributed by atoms with Crippen molar-refractivity contribution < 1.29 is 0 Å². The van der Waals surface area contributed by atoms with Gasteiger partial charge in [0.15, 0.2) is 0 Å². The molecule has 0 spiro atoms. The fourth-order valence-electron chi connectivity index (χ4n) is 5.31. The van der Waals surface area contributed by atoms with Gasteiger partial charge in [-0.05, 0) is 104 Å². The third-order valence-electron chi connectivity index (χ3n) is 8.24. The van der Waals surface area contributed by atoms with Crippen molar-refractivity contribution in [3.8, 4) is 0 Å². The Bertz CT molecular complexity index is 651. The van der Waals surface area contributed by atoms with Crippen LogP contribution in [0.1, 0.15) is 181 Å². The Morgan fingerprint density at radius 2 is 0.841 bits per heavy atom. The van der Waals surface area contributed by atoms with Crippen LogP contribution in [-0.2, 0) is 0 Å². The van der Waals surface area contributed by atoms with E-state index in [-0.39, 0.29) is 0 Å². The fourth-order valence-corrected chi connectivity index (χ4v) is 5.31. The summed E-state index contributed by atoms with van der Waals surface area (Å²) in [6.45, 7) is 6.51. The average molecular weight is 612 g/mol. The summed E-state index contributed by atoms with van der Waals surface area (Å²) in [5.41, 5.74) is 4.75. The van der Waals surface area contributed by atoms with E-state index in [1.807, 2.05) is 0 Å². The Morgan fingerprint density at radius 1 is 0.477 bits per heavy atom. The smallest absolute Gasteiger partial charge is 0.0456 e. The van der Waals surface area contributed by atoms with Crippen LogP contribution >= 0.6 is 0 Å². The molecule has 0 aliphatic carbocycles. The standard InChI is InChI=1S/C41H77N3/c1-5-7-9-11-13-15-17-19-21-23-25-27-29-31-33-35-37-41(43-42-39-40-44(3)4)38-36-34-32-30-28-26-24-22-20-18-16-14-12-10-8-6-2/h13-16,19-22,42H,5-12,17-18,23-40H2,1-4H3/b15-13-,16-14-,21-19-,22-20-. The Balaban J connectivity index is 3.88. The number of nitrogens with zero attached hydrogens (tertiary/aromatic N) is 2. The van der Waals surface area contributed by atoms with Gasteiger partial charge in [-0.2, -0.15) is 5.10 Å². The van der Waals surface area contributed by atoms with Crippen molar-refractivity contribution in [2.75, 3.05) is 27.2 Å². The predicted octanol–water partition coefficient (Wildman–Crippen LogP) is 12.9. The first-order valence-corrected chi connectivity index (χ1v) is 19.2. The van der Waals surface area contributed by atoms with Gasteiger partial charge in [0.25, 0.3) is 0 Å². The monoisotopic (exact) mass is 612 g/mol. The van der Waals surface area contributed by atoms with Gasteiger partial charge in [0.05, 0.1) is 0 Å². The maximum Gasteiger partial charge on any atom is 0.0456 e. The third-order valence-corrected chi connectivity index (χ3v) is 8.24. The van der Waals surface area contributed by atoms with E-state index in [4.69, 9.17) is 5.10 Å². The maximum absolute atomic E-state index is 4.83. The average Bonchev–Trinajstić information content (AvgIpc) is 3.02. The van der Waals surface area contributed by atoms with Gasteiger partial charge in [0.1, 0.15) is 0 Å². The zero-order chi connectivity index (χ0) is 32.0. The van der Waals surface area contributed by atoms with Crippen molar-refractivity contribution in [1.82, 2.24) is 10.3 Å². The quantitative estimate of drug-likeness (QED) is 0.0339. The normalized spacial score (nSPS) is 12.2. The molecule has 1 N–H and O–H groups in total. The van der Waals surface area contributed by atoms with Crippen LogP contribution in [0.25, 0.3) is 0 Å². The Morgan fingerprint density at radius 3 is 1.23 bits per heavy atom. The lowest BCUT2D eigenvalue weighted by Gasteiger charge is -2.11. The van der Waals surface area contributed by atoms with E-state index < -0.39 is 0 Å². The molecule has 0 heterocycles. The minimum absolute atomic E-state index is 0.934. The second-order valence-corrected chi connectivity index (χ2v) is 13.1. The number of likely N-dealkylation sites (N-methyl/N-ethyl adjacent to an activating group) is 1. The molecule has 3 heteroatoms. The minimum atomic E-state index is 0.934. The molecule has 0 radical (unpaired) electrons. The largest absolute Gasteiger partial charge is 0.309 e. The molecular weight excluding hydrogens is 534 g/mol. The van der Waals surface area contributed by atoms with Crippen LogP contribution in [0.4, 0.5) is 0 Å². The summed E-state index contributed by atoms with van der Waals surface area (Å²) in [6.07, 6.45) is 52.6. The van der Waals surface area contributed by atoms with Crippen LogP contribution in [0.5, 0.6) is 0 Å². The highest BCUT2D eigenvalue weighted by Gasteiger charge is 2.02. The zero-order valence-electron chi connectivity index (χ0n) is 30.3. The molecule has 0 aromatic carbocycles. The Hall–Kier alpha value is -1.61. The summed E-state index contributed by atoms with van der Waals surface area (Å²) in [5.74, 6) is 0. The molecule has 0 aliphatic rings. The number of nitrogens with one attached hydrogen (secondary N) is 1. The van der Waals surface area contributed by atoms with Gasteiger partial charge in [-0.3, -0.25) is 0 Å². The van der Waals surface area contributed by atoms with Crippen molar-refractivity contribution >= 4 is 5.71 Å². The summed E-state index contributed by atoms with van der Waals surface area (Å²) in [7, 11) is 4.25. The molecule has 0 bridgehead atoms. The van der Waals surface area contributed by atoms with Crippen LogP contribution in [0.15, 0.2) is 53.7 Å². The lowest BCUT2D eigenvalue weighted by atomic mass is 10.0. The molecule has 0 rings (SSSR count). The fraction of sp³-hybridized carbons (Fsp3) is 0.780. The molecule has 44 heavy (non-hydrogen) atoms. The van der Waals surface area contributed by atoms with Crippen molar-refractivity contribution in [1.29, 1.82) is 0 Å². The highest BCUT2D eigenvalue weighted by molar-refractivity contribution is 5.84. The Kier molecular flexibility index (Phi) is 36.2. The van der Waals surface area contributed by atoms with Crippen LogP contribution in [0, 0.1) is 0 Å². The van der Waals surface area contributed by atoms with Gasteiger partial charge in [-0.15, -0.1) is 0 Å². The number of rotatable bonds is 34. The SMILES string of the molecule is CCCCC/C=C\C/C=C\CCCCCCCCC(CCCCCCCC/C=C\C/C=C\CCCCC)=NNCCN(C)C. The molecule has 0 atom stereocenters. The molecule has 0 aliphatic heterocycles. The molecule has 256 valence electrons. The van der Waals surface area contributed by atoms with Gasteiger partial charge in [0.2, 0.25) is 0 Å². The number of hydrogen-bond acceptors (Lipinski definition) is 3. The van der Waals surface area contributed by atoms with Crippen LogP contribution < -0.4 is 5.43 Å². The lowest BCUT2D eigenvalue weighted by Crippen LogP contribution is -2.24. The van der Waals surface area contributed by atoms with Gasteiger partial charge in [-0.25, -0.2) is 0 Å². The van der Waals surface area contributed by atoms with E-state index in [1.165, 1.54) is 160 Å². The molecule has 0 saturated carbocycles. The van der Waals surface area contributed by atoms with Crippen LogP contribution in [0.2, 0.25) is 0 Å². The van der Waals surface area contributed by atoms with Crippen molar-refractivity contribution in [3.63, 3.8) is 0 Å². The van der Waals surface area contributed by atoms with Gasteiger partial charge >= 0.3 is 0 Å². The molecule has 0 amide bonds. The molecular formula is C41H77N3. The second-order valence-electron chi connectivity index (χ2n) is 13.1. The Labute approximate surface area is 277 Å². The van der Waals surface area contributed by atoms with E-state index >= 15 is 0 Å². The first-order valence-electron chi connectivity index (χ1n) is 19.2. The minimum Gasteiger partial charge on any atom is -0.309 e. The first-order chi connectivity index (χ1) is 21.7. The summed E-state index contributed by atoms with van der Waals surface area (Å²) < 4.78 is 0. The molecule has 0 unspecified atom stereocenters. The second kappa shape index (κ2) is 37.6. The van der Waals surface area contributed by atoms with Gasteiger partial charge in [0, 0.05) is 18.8 Å². The molecule has 0 aromatic heterocycles. The van der Waals surface area contributed by atoms with E-state index in [2.05, 4.69) is 86.9 Å². The van der Waals surface area contributed by atoms with E-state index in [0.717, 1.165) is 25.9 Å². The van der Waals surface area contributed by atoms with Gasteiger partial charge < -0.3 is 10.3 Å². The molecule has 0 aromatic rings. The van der Waals surface area contributed by atoms with E-state index in [0.29, 0.717) is 0 Å². The highest BCUT2D eigenvalue weighted by atomic mass is 15.3. The van der Waals surface area contributed by atoms with E-state index in [1.54, 1.807) is 0 Å². The summed E-state index contributed by atoms with van der Waals surface area (Å²) in [4.78, 5) is 2.22. The molecule has 0 saturated heterocycles. The lowest BCUT2D eigenvalue weighted by molar-refractivity contribution is 0.402. The van der Waals surface area contributed by atoms with Crippen LogP contribution in [-0.4, -0.2) is 37.8 Å². The predicted molar refractivity (Wildman–Crippen MR) is 202 cm³/mol. The van der Waals surface area contributed by atoms with Crippen molar-refractivity contribution in [3.05, 3.63) is 48.6 Å². The number of allylic oxidation sites excluding steroid dienone is 8. The van der Waals surface area contributed by atoms with Gasteiger partial charge in [-0.1, -0.05) is 140 Å². The third kappa shape index (κ3) is 36.6. The van der Waals surface area contributed by atoms with Crippen LogP contribution in [0.3, 0.4) is 0 Å². The number of hydrazone groups is 1.